The van der Waals surface area contributed by atoms with Crippen LogP contribution in [0.15, 0.2) is 18.2 Å². The lowest BCUT2D eigenvalue weighted by Gasteiger charge is -2.05. The Morgan fingerprint density at radius 1 is 1.50 bits per heavy atom. The van der Waals surface area contributed by atoms with Gasteiger partial charge in [-0.15, -0.1) is 0 Å². The van der Waals surface area contributed by atoms with Gasteiger partial charge in [-0.3, -0.25) is 0 Å². The second-order valence-electron chi connectivity index (χ2n) is 3.23. The topological polar surface area (TPSA) is 34.1 Å². The molecule has 0 aromatic carbocycles. The zero-order valence-corrected chi connectivity index (χ0v) is 8.29. The maximum absolute atomic E-state index is 5.53. The van der Waals surface area contributed by atoms with Crippen molar-refractivity contribution in [2.24, 2.45) is 0 Å². The van der Waals surface area contributed by atoms with Crippen LogP contribution >= 0.6 is 0 Å². The van der Waals surface area contributed by atoms with Gasteiger partial charge in [0.05, 0.1) is 5.69 Å². The number of ether oxygens (including phenoxy) is 1. The number of allylic oxidation sites excluding steroid dienone is 1. The van der Waals surface area contributed by atoms with Crippen molar-refractivity contribution in [1.82, 2.24) is 10.3 Å². The quantitative estimate of drug-likeness (QED) is 0.730. The van der Waals surface area contributed by atoms with Gasteiger partial charge in [0.1, 0.15) is 6.61 Å². The molecule has 0 aliphatic carbocycles. The Kier molecular flexibility index (Phi) is 2.79. The van der Waals surface area contributed by atoms with E-state index < -0.39 is 0 Å². The van der Waals surface area contributed by atoms with E-state index >= 15 is 0 Å². The summed E-state index contributed by atoms with van der Waals surface area (Å²) < 4.78 is 5.53. The summed E-state index contributed by atoms with van der Waals surface area (Å²) in [4.78, 5) is 4.41. The first kappa shape index (κ1) is 9.21. The van der Waals surface area contributed by atoms with Gasteiger partial charge in [-0.1, -0.05) is 12.1 Å². The lowest BCUT2D eigenvalue weighted by Crippen LogP contribution is -2.16. The van der Waals surface area contributed by atoms with E-state index in [-0.39, 0.29) is 0 Å². The van der Waals surface area contributed by atoms with Gasteiger partial charge in [-0.2, -0.15) is 0 Å². The monoisotopic (exact) mass is 190 g/mol. The van der Waals surface area contributed by atoms with Crippen LogP contribution in [0.1, 0.15) is 18.2 Å². The lowest BCUT2D eigenvalue weighted by molar-refractivity contribution is 0.313. The van der Waals surface area contributed by atoms with Crippen molar-refractivity contribution in [1.29, 1.82) is 0 Å². The Balaban J connectivity index is 2.32. The van der Waals surface area contributed by atoms with Gasteiger partial charge >= 0.3 is 0 Å². The average Bonchev–Trinajstić information content (AvgIpc) is 2.42. The summed E-state index contributed by atoms with van der Waals surface area (Å²) in [5.41, 5.74) is 2.09. The van der Waals surface area contributed by atoms with Crippen LogP contribution in [-0.2, 0) is 6.54 Å². The van der Waals surface area contributed by atoms with Crippen molar-refractivity contribution < 1.29 is 4.74 Å². The second kappa shape index (κ2) is 4.24. The number of pyridine rings is 1. The predicted octanol–water partition coefficient (Wildman–Crippen LogP) is 1.60. The summed E-state index contributed by atoms with van der Waals surface area (Å²) >= 11 is 0. The zero-order chi connectivity index (χ0) is 9.80. The zero-order valence-electron chi connectivity index (χ0n) is 8.29. The first-order chi connectivity index (χ1) is 6.90. The molecule has 3 nitrogen and oxygen atoms in total. The van der Waals surface area contributed by atoms with E-state index in [0.717, 1.165) is 30.2 Å². The fraction of sp³-hybridized carbons (Fsp3) is 0.364. The van der Waals surface area contributed by atoms with Gasteiger partial charge in [0.2, 0.25) is 5.88 Å². The molecule has 1 N–H and O–H groups in total. The molecular formula is C11H14N2O. The highest BCUT2D eigenvalue weighted by molar-refractivity contribution is 5.46. The molecule has 0 amide bonds. The molecule has 1 aliphatic heterocycles. The van der Waals surface area contributed by atoms with E-state index in [4.69, 9.17) is 4.74 Å². The van der Waals surface area contributed by atoms with Crippen molar-refractivity contribution in [3.05, 3.63) is 29.5 Å². The Morgan fingerprint density at radius 3 is 3.29 bits per heavy atom. The third-order valence-corrected chi connectivity index (χ3v) is 2.13. The van der Waals surface area contributed by atoms with Gasteiger partial charge in [0.15, 0.2) is 0 Å². The predicted molar refractivity (Wildman–Crippen MR) is 56.1 cm³/mol. The SMILES string of the molecule is C/C=C/c1ccc2c(n1)OCCNC2. The van der Waals surface area contributed by atoms with Gasteiger partial charge in [-0.05, 0) is 19.1 Å². The molecule has 0 spiro atoms. The van der Waals surface area contributed by atoms with Crippen LogP contribution < -0.4 is 10.1 Å². The molecule has 2 heterocycles. The smallest absolute Gasteiger partial charge is 0.218 e. The Bertz CT molecular complexity index is 347. The minimum atomic E-state index is 0.694. The van der Waals surface area contributed by atoms with Crippen LogP contribution in [0.5, 0.6) is 5.88 Å². The summed E-state index contributed by atoms with van der Waals surface area (Å²) in [5.74, 6) is 0.769. The van der Waals surface area contributed by atoms with Gasteiger partial charge in [0.25, 0.3) is 0 Å². The molecule has 0 unspecified atom stereocenters. The van der Waals surface area contributed by atoms with Crippen molar-refractivity contribution in [2.75, 3.05) is 13.2 Å². The number of fused-ring (bicyclic) bond motifs is 1. The van der Waals surface area contributed by atoms with E-state index in [9.17, 15) is 0 Å². The summed E-state index contributed by atoms with van der Waals surface area (Å²) in [5, 5.41) is 3.27. The first-order valence-electron chi connectivity index (χ1n) is 4.86. The number of rotatable bonds is 1. The minimum absolute atomic E-state index is 0.694. The number of hydrogen-bond acceptors (Lipinski definition) is 3. The number of nitrogens with zero attached hydrogens (tertiary/aromatic N) is 1. The fourth-order valence-electron chi connectivity index (χ4n) is 1.45. The molecule has 0 saturated carbocycles. The van der Waals surface area contributed by atoms with Crippen LogP contribution in [0, 0.1) is 0 Å². The molecule has 0 radical (unpaired) electrons. The van der Waals surface area contributed by atoms with E-state index in [1.165, 1.54) is 0 Å². The molecule has 1 aromatic rings. The van der Waals surface area contributed by atoms with Crippen LogP contribution in [0.4, 0.5) is 0 Å². The highest BCUT2D eigenvalue weighted by atomic mass is 16.5. The fourth-order valence-corrected chi connectivity index (χ4v) is 1.45. The molecule has 0 fully saturated rings. The van der Waals surface area contributed by atoms with Gasteiger partial charge in [0, 0.05) is 18.7 Å². The summed E-state index contributed by atoms with van der Waals surface area (Å²) in [6, 6.07) is 4.07. The molecule has 0 saturated heterocycles. The number of aromatic nitrogens is 1. The average molecular weight is 190 g/mol. The van der Waals surface area contributed by atoms with Crippen molar-refractivity contribution in [2.45, 2.75) is 13.5 Å². The normalized spacial score (nSPS) is 16.1. The molecule has 1 aliphatic rings. The summed E-state index contributed by atoms with van der Waals surface area (Å²) in [6.45, 7) is 4.41. The Labute approximate surface area is 83.8 Å². The maximum atomic E-state index is 5.53. The summed E-state index contributed by atoms with van der Waals surface area (Å²) in [6.07, 6.45) is 3.95. The van der Waals surface area contributed by atoms with E-state index in [1.807, 2.05) is 25.1 Å². The second-order valence-corrected chi connectivity index (χ2v) is 3.23. The first-order valence-corrected chi connectivity index (χ1v) is 4.86. The molecule has 1 aromatic heterocycles. The van der Waals surface area contributed by atoms with E-state index in [1.54, 1.807) is 0 Å². The van der Waals surface area contributed by atoms with E-state index in [2.05, 4.69) is 16.4 Å². The molecule has 0 atom stereocenters. The molecule has 0 bridgehead atoms. The van der Waals surface area contributed by atoms with Crippen LogP contribution in [-0.4, -0.2) is 18.1 Å². The van der Waals surface area contributed by atoms with E-state index in [0.29, 0.717) is 6.61 Å². The third-order valence-electron chi connectivity index (χ3n) is 2.13. The Hall–Kier alpha value is -1.35. The molecular weight excluding hydrogens is 176 g/mol. The highest BCUT2D eigenvalue weighted by Gasteiger charge is 2.09. The molecule has 2 rings (SSSR count). The standard InChI is InChI=1S/C11H14N2O/c1-2-3-10-5-4-9-8-12-6-7-14-11(9)13-10/h2-5,12H,6-8H2,1H3/b3-2+. The number of hydrogen-bond donors (Lipinski definition) is 1. The minimum Gasteiger partial charge on any atom is -0.476 e. The van der Waals surface area contributed by atoms with Crippen LogP contribution in [0.25, 0.3) is 6.08 Å². The molecule has 74 valence electrons. The van der Waals surface area contributed by atoms with Gasteiger partial charge < -0.3 is 10.1 Å². The highest BCUT2D eigenvalue weighted by Crippen LogP contribution is 2.18. The summed E-state index contributed by atoms with van der Waals surface area (Å²) in [7, 11) is 0. The van der Waals surface area contributed by atoms with Crippen molar-refractivity contribution >= 4 is 6.08 Å². The van der Waals surface area contributed by atoms with Crippen molar-refractivity contribution in [3.8, 4) is 5.88 Å². The third kappa shape index (κ3) is 1.93. The van der Waals surface area contributed by atoms with Crippen molar-refractivity contribution in [3.63, 3.8) is 0 Å². The largest absolute Gasteiger partial charge is 0.476 e. The number of nitrogens with one attached hydrogen (secondary N) is 1. The maximum Gasteiger partial charge on any atom is 0.218 e. The van der Waals surface area contributed by atoms with Gasteiger partial charge in [-0.25, -0.2) is 4.98 Å². The van der Waals surface area contributed by atoms with Crippen LogP contribution in [0.2, 0.25) is 0 Å². The molecule has 14 heavy (non-hydrogen) atoms. The molecule has 3 heteroatoms. The Morgan fingerprint density at radius 2 is 2.43 bits per heavy atom. The lowest BCUT2D eigenvalue weighted by atomic mass is 10.2. The van der Waals surface area contributed by atoms with Crippen LogP contribution in [0.3, 0.4) is 0 Å².